The van der Waals surface area contributed by atoms with Gasteiger partial charge < -0.3 is 15.8 Å². The van der Waals surface area contributed by atoms with E-state index in [0.29, 0.717) is 18.3 Å². The quantitative estimate of drug-likeness (QED) is 0.849. The van der Waals surface area contributed by atoms with Crippen LogP contribution in [0.3, 0.4) is 0 Å². The topological polar surface area (TPSA) is 77.2 Å². The van der Waals surface area contributed by atoms with Gasteiger partial charge in [-0.15, -0.1) is 0 Å². The molecular formula is C12H17N3O2S. The number of carbonyl (C=O) groups excluding carboxylic acids is 1. The molecule has 1 fully saturated rings. The lowest BCUT2D eigenvalue weighted by atomic mass is 9.98. The number of fused-ring (bicyclic) bond motifs is 1. The molecule has 0 saturated heterocycles. The van der Waals surface area contributed by atoms with Gasteiger partial charge in [0.2, 0.25) is 5.91 Å². The molecule has 6 heteroatoms. The molecule has 0 atom stereocenters. The number of hydrogen-bond acceptors (Lipinski definition) is 5. The number of ether oxygens (including phenoxy) is 1. The second-order valence-electron chi connectivity index (χ2n) is 5.01. The van der Waals surface area contributed by atoms with Crippen molar-refractivity contribution in [1.29, 1.82) is 0 Å². The van der Waals surface area contributed by atoms with Gasteiger partial charge in [-0.25, -0.2) is 4.98 Å². The number of aromatic nitrogens is 1. The molecule has 1 aliphatic heterocycles. The van der Waals surface area contributed by atoms with Gasteiger partial charge in [0.25, 0.3) is 0 Å². The Morgan fingerprint density at radius 3 is 2.94 bits per heavy atom. The van der Waals surface area contributed by atoms with Crippen LogP contribution in [0.15, 0.2) is 0 Å². The zero-order chi connectivity index (χ0) is 12.6. The van der Waals surface area contributed by atoms with E-state index < -0.39 is 5.54 Å². The highest BCUT2D eigenvalue weighted by Crippen LogP contribution is 2.31. The summed E-state index contributed by atoms with van der Waals surface area (Å²) in [6.45, 7) is 1.32. The highest BCUT2D eigenvalue weighted by atomic mass is 32.1. The Balaban J connectivity index is 1.72. The summed E-state index contributed by atoms with van der Waals surface area (Å²) < 4.78 is 5.37. The Morgan fingerprint density at radius 1 is 1.44 bits per heavy atom. The molecule has 2 heterocycles. The minimum absolute atomic E-state index is 0.0907. The van der Waals surface area contributed by atoms with Crippen molar-refractivity contribution in [3.8, 4) is 0 Å². The van der Waals surface area contributed by atoms with Crippen LogP contribution in [-0.2, 0) is 22.6 Å². The molecule has 3 rings (SSSR count). The van der Waals surface area contributed by atoms with E-state index in [1.807, 2.05) is 0 Å². The molecule has 2 aliphatic rings. The van der Waals surface area contributed by atoms with E-state index in [0.717, 1.165) is 42.7 Å². The lowest BCUT2D eigenvalue weighted by Crippen LogP contribution is -2.48. The molecular weight excluding hydrogens is 250 g/mol. The Hall–Kier alpha value is -0.980. The predicted octanol–water partition coefficient (Wildman–Crippen LogP) is 1.43. The first-order valence-electron chi connectivity index (χ1n) is 6.34. The van der Waals surface area contributed by atoms with Crippen molar-refractivity contribution in [3.05, 3.63) is 10.6 Å². The number of nitrogens with two attached hydrogens (primary N) is 1. The SMILES string of the molecule is NC1(C(=O)Nc2nc3c(s2)COCC3)CCCC1. The molecule has 1 aromatic rings. The van der Waals surface area contributed by atoms with Gasteiger partial charge in [-0.1, -0.05) is 24.2 Å². The number of amides is 1. The fourth-order valence-electron chi connectivity index (χ4n) is 2.53. The minimum atomic E-state index is -0.692. The average molecular weight is 267 g/mol. The summed E-state index contributed by atoms with van der Waals surface area (Å²) in [5.74, 6) is -0.0907. The molecule has 1 aliphatic carbocycles. The fourth-order valence-corrected chi connectivity index (χ4v) is 3.47. The van der Waals surface area contributed by atoms with Crippen molar-refractivity contribution >= 4 is 22.4 Å². The summed E-state index contributed by atoms with van der Waals surface area (Å²) >= 11 is 1.50. The van der Waals surface area contributed by atoms with Gasteiger partial charge in [0.15, 0.2) is 5.13 Å². The number of hydrogen-bond donors (Lipinski definition) is 2. The fraction of sp³-hybridized carbons (Fsp3) is 0.667. The van der Waals surface area contributed by atoms with E-state index in [1.54, 1.807) is 0 Å². The highest BCUT2D eigenvalue weighted by molar-refractivity contribution is 7.15. The molecule has 3 N–H and O–H groups in total. The molecule has 98 valence electrons. The van der Waals surface area contributed by atoms with Gasteiger partial charge in [-0.05, 0) is 12.8 Å². The van der Waals surface area contributed by atoms with E-state index in [4.69, 9.17) is 10.5 Å². The molecule has 0 spiro atoms. The Bertz CT molecular complexity index is 442. The maximum atomic E-state index is 12.1. The van der Waals surface area contributed by atoms with Crippen molar-refractivity contribution in [2.75, 3.05) is 11.9 Å². The molecule has 18 heavy (non-hydrogen) atoms. The van der Waals surface area contributed by atoms with Crippen LogP contribution in [0.4, 0.5) is 5.13 Å². The van der Waals surface area contributed by atoms with Crippen LogP contribution < -0.4 is 11.1 Å². The molecule has 1 amide bonds. The zero-order valence-electron chi connectivity index (χ0n) is 10.2. The van der Waals surface area contributed by atoms with Crippen LogP contribution >= 0.6 is 11.3 Å². The lowest BCUT2D eigenvalue weighted by molar-refractivity contribution is -0.121. The first-order valence-corrected chi connectivity index (χ1v) is 7.16. The van der Waals surface area contributed by atoms with Gasteiger partial charge in [-0.2, -0.15) is 0 Å². The average Bonchev–Trinajstić information content (AvgIpc) is 2.95. The molecule has 0 aromatic carbocycles. The van der Waals surface area contributed by atoms with Gasteiger partial charge in [-0.3, -0.25) is 4.79 Å². The second kappa shape index (κ2) is 4.60. The third-order valence-electron chi connectivity index (χ3n) is 3.66. The first-order chi connectivity index (χ1) is 8.67. The van der Waals surface area contributed by atoms with Crippen LogP contribution in [0.25, 0.3) is 0 Å². The third-order valence-corrected chi connectivity index (χ3v) is 4.65. The molecule has 1 aromatic heterocycles. The van der Waals surface area contributed by atoms with E-state index >= 15 is 0 Å². The van der Waals surface area contributed by atoms with Gasteiger partial charge in [0.05, 0.1) is 29.3 Å². The van der Waals surface area contributed by atoms with Crippen LogP contribution in [0, 0.1) is 0 Å². The number of carbonyl (C=O) groups is 1. The number of nitrogens with zero attached hydrogens (tertiary/aromatic N) is 1. The van der Waals surface area contributed by atoms with Gasteiger partial charge >= 0.3 is 0 Å². The Morgan fingerprint density at radius 2 is 2.22 bits per heavy atom. The van der Waals surface area contributed by atoms with Crippen molar-refractivity contribution in [2.45, 2.75) is 44.2 Å². The summed E-state index contributed by atoms with van der Waals surface area (Å²) in [7, 11) is 0. The maximum absolute atomic E-state index is 12.1. The normalized spacial score (nSPS) is 21.6. The number of anilines is 1. The monoisotopic (exact) mass is 267 g/mol. The Labute approximate surface area is 110 Å². The maximum Gasteiger partial charge on any atom is 0.246 e. The standard InChI is InChI=1S/C12H17N3O2S/c13-12(4-1-2-5-12)10(16)15-11-14-8-3-6-17-7-9(8)18-11/h1-7,13H2,(H,14,15,16). The van der Waals surface area contributed by atoms with Crippen LogP contribution in [0.2, 0.25) is 0 Å². The minimum Gasteiger partial charge on any atom is -0.375 e. The lowest BCUT2D eigenvalue weighted by Gasteiger charge is -2.21. The molecule has 5 nitrogen and oxygen atoms in total. The smallest absolute Gasteiger partial charge is 0.246 e. The van der Waals surface area contributed by atoms with Crippen LogP contribution in [0.5, 0.6) is 0 Å². The van der Waals surface area contributed by atoms with E-state index in [-0.39, 0.29) is 5.91 Å². The summed E-state index contributed by atoms with van der Waals surface area (Å²) in [6.07, 6.45) is 4.44. The highest BCUT2D eigenvalue weighted by Gasteiger charge is 2.37. The number of nitrogens with one attached hydrogen (secondary N) is 1. The molecule has 0 radical (unpaired) electrons. The molecule has 0 unspecified atom stereocenters. The van der Waals surface area contributed by atoms with E-state index in [9.17, 15) is 4.79 Å². The van der Waals surface area contributed by atoms with Crippen molar-refractivity contribution in [2.24, 2.45) is 5.73 Å². The van der Waals surface area contributed by atoms with Crippen molar-refractivity contribution < 1.29 is 9.53 Å². The van der Waals surface area contributed by atoms with Crippen molar-refractivity contribution in [1.82, 2.24) is 4.98 Å². The van der Waals surface area contributed by atoms with E-state index in [1.165, 1.54) is 11.3 Å². The molecule has 0 bridgehead atoms. The number of thiazole rings is 1. The summed E-state index contributed by atoms with van der Waals surface area (Å²) in [5.41, 5.74) is 6.48. The first kappa shape index (κ1) is 12.1. The van der Waals surface area contributed by atoms with Gasteiger partial charge in [0, 0.05) is 6.42 Å². The second-order valence-corrected chi connectivity index (χ2v) is 6.09. The third kappa shape index (κ3) is 2.15. The summed E-state index contributed by atoms with van der Waals surface area (Å²) in [5, 5.41) is 3.53. The van der Waals surface area contributed by atoms with Crippen LogP contribution in [0.1, 0.15) is 36.3 Å². The Kier molecular flexibility index (Phi) is 3.09. The summed E-state index contributed by atoms with van der Waals surface area (Å²) in [6, 6.07) is 0. The van der Waals surface area contributed by atoms with Gasteiger partial charge in [0.1, 0.15) is 0 Å². The zero-order valence-corrected chi connectivity index (χ0v) is 11.0. The van der Waals surface area contributed by atoms with Crippen molar-refractivity contribution in [3.63, 3.8) is 0 Å². The largest absolute Gasteiger partial charge is 0.375 e. The number of rotatable bonds is 2. The summed E-state index contributed by atoms with van der Waals surface area (Å²) in [4.78, 5) is 17.7. The molecule has 1 saturated carbocycles. The van der Waals surface area contributed by atoms with E-state index in [2.05, 4.69) is 10.3 Å². The predicted molar refractivity (Wildman–Crippen MR) is 69.5 cm³/mol. The van der Waals surface area contributed by atoms with Crippen LogP contribution in [-0.4, -0.2) is 23.0 Å².